The number of benzene rings is 1. The van der Waals surface area contributed by atoms with Crippen LogP contribution in [0.1, 0.15) is 13.3 Å². The van der Waals surface area contributed by atoms with Crippen molar-refractivity contribution in [3.63, 3.8) is 0 Å². The van der Waals surface area contributed by atoms with E-state index < -0.39 is 0 Å². The summed E-state index contributed by atoms with van der Waals surface area (Å²) in [6.45, 7) is 1.80. The normalized spacial score (nSPS) is 10.6. The first kappa shape index (κ1) is 14.3. The molecule has 0 saturated carbocycles. The van der Waals surface area contributed by atoms with Crippen LogP contribution in [0.4, 0.5) is 5.13 Å². The molecule has 1 amide bonds. The number of tetrazole rings is 1. The van der Waals surface area contributed by atoms with Crippen LogP contribution in [-0.4, -0.2) is 31.1 Å². The van der Waals surface area contributed by atoms with Crippen LogP contribution >= 0.6 is 11.3 Å². The molecule has 0 aliphatic carbocycles. The highest BCUT2D eigenvalue weighted by atomic mass is 32.1. The molecule has 3 rings (SSSR count). The Morgan fingerprint density at radius 3 is 2.73 bits per heavy atom. The van der Waals surface area contributed by atoms with E-state index in [0.717, 1.165) is 16.1 Å². The van der Waals surface area contributed by atoms with Gasteiger partial charge in [0.15, 0.2) is 5.13 Å². The summed E-state index contributed by atoms with van der Waals surface area (Å²) in [6, 6.07) is 9.73. The molecule has 0 fully saturated rings. The summed E-state index contributed by atoms with van der Waals surface area (Å²) < 4.78 is 0. The van der Waals surface area contributed by atoms with Crippen LogP contribution in [0.2, 0.25) is 0 Å². The second kappa shape index (κ2) is 6.02. The predicted molar refractivity (Wildman–Crippen MR) is 84.3 cm³/mol. The SMILES string of the molecule is CCC(=O)Nc1nc(-c2ccccc2)c(-c2nnn(C)n2)s1. The number of rotatable bonds is 4. The van der Waals surface area contributed by atoms with Crippen LogP contribution in [0.15, 0.2) is 30.3 Å². The zero-order valence-electron chi connectivity index (χ0n) is 12.1. The van der Waals surface area contributed by atoms with Crippen molar-refractivity contribution in [1.82, 2.24) is 25.2 Å². The van der Waals surface area contributed by atoms with E-state index in [1.807, 2.05) is 30.3 Å². The van der Waals surface area contributed by atoms with Crippen molar-refractivity contribution in [2.45, 2.75) is 13.3 Å². The smallest absolute Gasteiger partial charge is 0.225 e. The molecule has 2 aromatic heterocycles. The Morgan fingerprint density at radius 2 is 2.09 bits per heavy atom. The number of aryl methyl sites for hydroxylation is 1. The fraction of sp³-hybridized carbons (Fsp3) is 0.214. The Morgan fingerprint density at radius 1 is 1.32 bits per heavy atom. The maximum atomic E-state index is 11.6. The lowest BCUT2D eigenvalue weighted by molar-refractivity contribution is -0.115. The zero-order chi connectivity index (χ0) is 15.5. The number of hydrogen-bond donors (Lipinski definition) is 1. The van der Waals surface area contributed by atoms with Gasteiger partial charge in [0.25, 0.3) is 0 Å². The molecule has 22 heavy (non-hydrogen) atoms. The minimum Gasteiger partial charge on any atom is -0.302 e. The Kier molecular flexibility index (Phi) is 3.92. The van der Waals surface area contributed by atoms with Gasteiger partial charge in [0.1, 0.15) is 4.88 Å². The van der Waals surface area contributed by atoms with E-state index in [1.54, 1.807) is 14.0 Å². The molecule has 1 N–H and O–H groups in total. The summed E-state index contributed by atoms with van der Waals surface area (Å²) in [5, 5.41) is 15.5. The third-order valence-corrected chi connectivity index (χ3v) is 3.92. The monoisotopic (exact) mass is 314 g/mol. The molecule has 0 radical (unpaired) electrons. The Bertz CT molecular complexity index is 795. The van der Waals surface area contributed by atoms with E-state index in [0.29, 0.717) is 17.4 Å². The minimum absolute atomic E-state index is 0.0768. The van der Waals surface area contributed by atoms with Crippen molar-refractivity contribution < 1.29 is 4.79 Å². The van der Waals surface area contributed by atoms with Gasteiger partial charge in [-0.15, -0.1) is 10.2 Å². The van der Waals surface area contributed by atoms with Crippen LogP contribution in [0.25, 0.3) is 22.0 Å². The molecule has 0 spiro atoms. The van der Waals surface area contributed by atoms with E-state index >= 15 is 0 Å². The number of thiazole rings is 1. The minimum atomic E-state index is -0.0768. The van der Waals surface area contributed by atoms with Crippen molar-refractivity contribution in [1.29, 1.82) is 0 Å². The third-order valence-electron chi connectivity index (χ3n) is 2.95. The topological polar surface area (TPSA) is 85.6 Å². The summed E-state index contributed by atoms with van der Waals surface area (Å²) in [7, 11) is 1.71. The van der Waals surface area contributed by atoms with E-state index in [9.17, 15) is 4.79 Å². The Balaban J connectivity index is 2.08. The zero-order valence-corrected chi connectivity index (χ0v) is 13.0. The molecule has 112 valence electrons. The fourth-order valence-corrected chi connectivity index (χ4v) is 2.83. The van der Waals surface area contributed by atoms with Crippen molar-refractivity contribution in [2.24, 2.45) is 7.05 Å². The number of amides is 1. The number of anilines is 1. The highest BCUT2D eigenvalue weighted by molar-refractivity contribution is 7.19. The molecular weight excluding hydrogens is 300 g/mol. The van der Waals surface area contributed by atoms with Gasteiger partial charge in [0.05, 0.1) is 12.7 Å². The first-order valence-electron chi connectivity index (χ1n) is 6.78. The van der Waals surface area contributed by atoms with E-state index in [4.69, 9.17) is 0 Å². The van der Waals surface area contributed by atoms with Crippen molar-refractivity contribution in [3.05, 3.63) is 30.3 Å². The van der Waals surface area contributed by atoms with Gasteiger partial charge >= 0.3 is 0 Å². The van der Waals surface area contributed by atoms with Gasteiger partial charge < -0.3 is 5.32 Å². The molecule has 8 heteroatoms. The summed E-state index contributed by atoms with van der Waals surface area (Å²) >= 11 is 1.34. The molecule has 0 aliphatic rings. The number of nitrogens with zero attached hydrogens (tertiary/aromatic N) is 5. The number of nitrogens with one attached hydrogen (secondary N) is 1. The molecule has 0 saturated heterocycles. The third kappa shape index (κ3) is 2.86. The molecule has 0 unspecified atom stereocenters. The lowest BCUT2D eigenvalue weighted by Crippen LogP contribution is -2.08. The van der Waals surface area contributed by atoms with Crippen LogP contribution in [0, 0.1) is 0 Å². The van der Waals surface area contributed by atoms with Gasteiger partial charge in [-0.1, -0.05) is 48.6 Å². The molecule has 7 nitrogen and oxygen atoms in total. The van der Waals surface area contributed by atoms with Gasteiger partial charge in [-0.2, -0.15) is 4.80 Å². The lowest BCUT2D eigenvalue weighted by atomic mass is 10.1. The quantitative estimate of drug-likeness (QED) is 0.799. The molecule has 1 aromatic carbocycles. The Labute approximate surface area is 131 Å². The summed E-state index contributed by atoms with van der Waals surface area (Å²) in [6.07, 6.45) is 0.402. The van der Waals surface area contributed by atoms with E-state index in [1.165, 1.54) is 16.1 Å². The van der Waals surface area contributed by atoms with Gasteiger partial charge in [0.2, 0.25) is 11.7 Å². The molecule has 0 atom stereocenters. The molecule has 2 heterocycles. The van der Waals surface area contributed by atoms with Gasteiger partial charge in [-0.05, 0) is 5.21 Å². The second-order valence-electron chi connectivity index (χ2n) is 4.57. The van der Waals surface area contributed by atoms with Gasteiger partial charge in [-0.3, -0.25) is 4.79 Å². The molecule has 0 bridgehead atoms. The maximum Gasteiger partial charge on any atom is 0.225 e. The second-order valence-corrected chi connectivity index (χ2v) is 5.57. The largest absolute Gasteiger partial charge is 0.302 e. The van der Waals surface area contributed by atoms with Crippen molar-refractivity contribution in [3.8, 4) is 22.0 Å². The summed E-state index contributed by atoms with van der Waals surface area (Å²) in [5.41, 5.74) is 1.68. The maximum absolute atomic E-state index is 11.6. The number of aromatic nitrogens is 5. The Hall–Kier alpha value is -2.61. The van der Waals surface area contributed by atoms with Gasteiger partial charge in [0, 0.05) is 12.0 Å². The highest BCUT2D eigenvalue weighted by Crippen LogP contribution is 2.37. The van der Waals surface area contributed by atoms with Gasteiger partial charge in [-0.25, -0.2) is 4.98 Å². The molecular formula is C14H14N6OS. The van der Waals surface area contributed by atoms with E-state index in [2.05, 4.69) is 25.7 Å². The van der Waals surface area contributed by atoms with Crippen LogP contribution in [0.3, 0.4) is 0 Å². The fourth-order valence-electron chi connectivity index (χ4n) is 1.90. The first-order valence-corrected chi connectivity index (χ1v) is 7.59. The molecule has 0 aliphatic heterocycles. The first-order chi connectivity index (χ1) is 10.7. The highest BCUT2D eigenvalue weighted by Gasteiger charge is 2.19. The van der Waals surface area contributed by atoms with E-state index in [-0.39, 0.29) is 5.91 Å². The van der Waals surface area contributed by atoms with Crippen LogP contribution in [-0.2, 0) is 11.8 Å². The number of hydrogen-bond acceptors (Lipinski definition) is 6. The number of carbonyl (C=O) groups excluding carboxylic acids is 1. The predicted octanol–water partition coefficient (Wildman–Crippen LogP) is 2.35. The van der Waals surface area contributed by atoms with Crippen LogP contribution < -0.4 is 5.32 Å². The lowest BCUT2D eigenvalue weighted by Gasteiger charge is -1.98. The average Bonchev–Trinajstić information content (AvgIpc) is 3.14. The summed E-state index contributed by atoms with van der Waals surface area (Å²) in [5.74, 6) is 0.419. The van der Waals surface area contributed by atoms with Crippen LogP contribution in [0.5, 0.6) is 0 Å². The van der Waals surface area contributed by atoms with Crippen molar-refractivity contribution >= 4 is 22.4 Å². The average molecular weight is 314 g/mol. The van der Waals surface area contributed by atoms with Crippen molar-refractivity contribution in [2.75, 3.05) is 5.32 Å². The molecule has 3 aromatic rings. The summed E-state index contributed by atoms with van der Waals surface area (Å²) in [4.78, 5) is 18.3. The standard InChI is InChI=1S/C14H14N6OS/c1-3-10(21)15-14-16-11(9-7-5-4-6-8-9)12(22-14)13-17-19-20(2)18-13/h4-8H,3H2,1-2H3,(H,15,16,21). The number of carbonyl (C=O) groups is 1.